The molecule has 21 heavy (non-hydrogen) atoms. The van der Waals surface area contributed by atoms with Crippen LogP contribution in [0.5, 0.6) is 0 Å². The Balaban J connectivity index is 2.05. The molecule has 0 aliphatic rings. The van der Waals surface area contributed by atoms with Crippen LogP contribution in [0.25, 0.3) is 22.9 Å². The van der Waals surface area contributed by atoms with Crippen LogP contribution >= 0.6 is 0 Å². The molecule has 0 unspecified atom stereocenters. The van der Waals surface area contributed by atoms with Crippen molar-refractivity contribution < 1.29 is 0 Å². The van der Waals surface area contributed by atoms with Crippen LogP contribution in [0, 0.1) is 0 Å². The molecule has 0 aliphatic heterocycles. The minimum atomic E-state index is 0.778. The van der Waals surface area contributed by atoms with E-state index in [1.165, 1.54) is 5.56 Å². The van der Waals surface area contributed by atoms with Crippen molar-refractivity contribution in [1.29, 1.82) is 0 Å². The molecular formula is C20H17N. The first kappa shape index (κ1) is 13.2. The summed E-state index contributed by atoms with van der Waals surface area (Å²) in [5.74, 6) is 0. The Labute approximate surface area is 125 Å². The van der Waals surface area contributed by atoms with Crippen LogP contribution in [0.4, 0.5) is 0 Å². The van der Waals surface area contributed by atoms with Gasteiger partial charge in [0.25, 0.3) is 0 Å². The van der Waals surface area contributed by atoms with Gasteiger partial charge in [-0.25, -0.2) is 0 Å². The summed E-state index contributed by atoms with van der Waals surface area (Å²) in [4.78, 5) is 0. The van der Waals surface area contributed by atoms with Crippen molar-refractivity contribution in [3.05, 3.63) is 96.1 Å². The molecule has 0 fully saturated rings. The van der Waals surface area contributed by atoms with Gasteiger partial charge in [0.1, 0.15) is 0 Å². The molecule has 0 bridgehead atoms. The lowest BCUT2D eigenvalue weighted by Gasteiger charge is -2.10. The third-order valence-corrected chi connectivity index (χ3v) is 3.44. The molecule has 0 saturated heterocycles. The van der Waals surface area contributed by atoms with Crippen molar-refractivity contribution in [1.82, 2.24) is 0 Å². The van der Waals surface area contributed by atoms with E-state index in [4.69, 9.17) is 5.73 Å². The van der Waals surface area contributed by atoms with Crippen LogP contribution in [0.1, 0.15) is 11.1 Å². The highest BCUT2D eigenvalue weighted by molar-refractivity contribution is 5.87. The summed E-state index contributed by atoms with van der Waals surface area (Å²) >= 11 is 0. The maximum Gasteiger partial charge on any atom is 0.0399 e. The van der Waals surface area contributed by atoms with E-state index < -0.39 is 0 Å². The first-order chi connectivity index (χ1) is 10.3. The molecule has 0 radical (unpaired) electrons. The molecule has 0 aromatic heterocycles. The zero-order valence-electron chi connectivity index (χ0n) is 11.7. The quantitative estimate of drug-likeness (QED) is 0.680. The summed E-state index contributed by atoms with van der Waals surface area (Å²) < 4.78 is 0. The highest BCUT2D eigenvalue weighted by Crippen LogP contribution is 2.27. The predicted octanol–water partition coefficient (Wildman–Crippen LogP) is 4.81. The van der Waals surface area contributed by atoms with E-state index in [0.717, 1.165) is 22.4 Å². The van der Waals surface area contributed by atoms with Crippen molar-refractivity contribution in [2.75, 3.05) is 0 Å². The maximum atomic E-state index is 6.33. The second kappa shape index (κ2) is 6.10. The van der Waals surface area contributed by atoms with E-state index in [9.17, 15) is 0 Å². The van der Waals surface area contributed by atoms with Gasteiger partial charge in [-0.3, -0.25) is 0 Å². The topological polar surface area (TPSA) is 26.0 Å². The maximum absolute atomic E-state index is 6.33. The third-order valence-electron chi connectivity index (χ3n) is 3.44. The normalized spacial score (nSPS) is 11.3. The lowest BCUT2D eigenvalue weighted by molar-refractivity contribution is 1.51. The largest absolute Gasteiger partial charge is 0.398 e. The molecular weight excluding hydrogens is 254 g/mol. The predicted molar refractivity (Wildman–Crippen MR) is 90.4 cm³/mol. The molecule has 0 atom stereocenters. The SMILES string of the molecule is NC(=Cc1ccccc1)c1ccccc1-c1ccccc1. The lowest BCUT2D eigenvalue weighted by atomic mass is 9.97. The summed E-state index contributed by atoms with van der Waals surface area (Å²) in [6.45, 7) is 0. The fourth-order valence-electron chi connectivity index (χ4n) is 2.41. The number of hydrogen-bond donors (Lipinski definition) is 1. The molecule has 0 aliphatic carbocycles. The molecule has 1 heteroatoms. The number of hydrogen-bond acceptors (Lipinski definition) is 1. The highest BCUT2D eigenvalue weighted by atomic mass is 14.6. The van der Waals surface area contributed by atoms with Crippen molar-refractivity contribution in [2.24, 2.45) is 5.73 Å². The van der Waals surface area contributed by atoms with E-state index in [2.05, 4.69) is 36.4 Å². The van der Waals surface area contributed by atoms with Gasteiger partial charge in [0.2, 0.25) is 0 Å². The van der Waals surface area contributed by atoms with Crippen LogP contribution < -0.4 is 5.73 Å². The summed E-state index contributed by atoms with van der Waals surface area (Å²) in [6.07, 6.45) is 2.02. The molecule has 3 rings (SSSR count). The number of benzene rings is 3. The van der Waals surface area contributed by atoms with Gasteiger partial charge >= 0.3 is 0 Å². The summed E-state index contributed by atoms with van der Waals surface area (Å²) in [7, 11) is 0. The van der Waals surface area contributed by atoms with Crippen molar-refractivity contribution >= 4 is 11.8 Å². The van der Waals surface area contributed by atoms with Crippen LogP contribution in [-0.2, 0) is 0 Å². The standard InChI is InChI=1S/C20H17N/c21-20(15-16-9-3-1-4-10-16)19-14-8-7-13-18(19)17-11-5-2-6-12-17/h1-15H,21H2. The lowest BCUT2D eigenvalue weighted by Crippen LogP contribution is -1.98. The van der Waals surface area contributed by atoms with Gasteiger partial charge < -0.3 is 5.73 Å². The molecule has 3 aromatic carbocycles. The van der Waals surface area contributed by atoms with Gasteiger partial charge in [0, 0.05) is 11.3 Å². The molecule has 0 amide bonds. The minimum absolute atomic E-state index is 0.778. The van der Waals surface area contributed by atoms with Gasteiger partial charge in [0.05, 0.1) is 0 Å². The zero-order valence-corrected chi connectivity index (χ0v) is 11.7. The molecule has 1 nitrogen and oxygen atoms in total. The Kier molecular flexibility index (Phi) is 3.83. The summed E-state index contributed by atoms with van der Waals surface area (Å²) in [5, 5.41) is 0. The van der Waals surface area contributed by atoms with Gasteiger partial charge in [0.15, 0.2) is 0 Å². The van der Waals surface area contributed by atoms with E-state index in [-0.39, 0.29) is 0 Å². The molecule has 0 spiro atoms. The van der Waals surface area contributed by atoms with Crippen LogP contribution in [-0.4, -0.2) is 0 Å². The second-order valence-corrected chi connectivity index (χ2v) is 4.92. The van der Waals surface area contributed by atoms with Crippen LogP contribution in [0.15, 0.2) is 84.9 Å². The van der Waals surface area contributed by atoms with Crippen LogP contribution in [0.2, 0.25) is 0 Å². The first-order valence-corrected chi connectivity index (χ1v) is 7.01. The monoisotopic (exact) mass is 271 g/mol. The Hall–Kier alpha value is -2.80. The van der Waals surface area contributed by atoms with E-state index >= 15 is 0 Å². The molecule has 3 aromatic rings. The number of nitrogens with two attached hydrogens (primary N) is 1. The van der Waals surface area contributed by atoms with E-state index in [1.54, 1.807) is 0 Å². The van der Waals surface area contributed by atoms with Crippen molar-refractivity contribution in [3.8, 4) is 11.1 Å². The molecule has 0 saturated carbocycles. The van der Waals surface area contributed by atoms with Gasteiger partial charge in [-0.05, 0) is 22.8 Å². The van der Waals surface area contributed by atoms with Crippen LogP contribution in [0.3, 0.4) is 0 Å². The smallest absolute Gasteiger partial charge is 0.0399 e. The Morgan fingerprint density at radius 2 is 1.24 bits per heavy atom. The fourth-order valence-corrected chi connectivity index (χ4v) is 2.41. The van der Waals surface area contributed by atoms with Gasteiger partial charge in [-0.2, -0.15) is 0 Å². The van der Waals surface area contributed by atoms with E-state index in [0.29, 0.717) is 0 Å². The molecule has 0 heterocycles. The van der Waals surface area contributed by atoms with Crippen molar-refractivity contribution in [2.45, 2.75) is 0 Å². The Morgan fingerprint density at radius 1 is 0.667 bits per heavy atom. The molecule has 102 valence electrons. The minimum Gasteiger partial charge on any atom is -0.398 e. The average Bonchev–Trinajstić information content (AvgIpc) is 2.56. The second-order valence-electron chi connectivity index (χ2n) is 4.92. The zero-order chi connectivity index (χ0) is 14.5. The van der Waals surface area contributed by atoms with E-state index in [1.807, 2.05) is 54.6 Å². The number of rotatable bonds is 3. The van der Waals surface area contributed by atoms with Gasteiger partial charge in [-0.1, -0.05) is 84.9 Å². The average molecular weight is 271 g/mol. The summed E-state index contributed by atoms with van der Waals surface area (Å²) in [5.41, 5.74) is 11.6. The first-order valence-electron chi connectivity index (χ1n) is 7.01. The van der Waals surface area contributed by atoms with Gasteiger partial charge in [-0.15, -0.1) is 0 Å². The highest BCUT2D eigenvalue weighted by Gasteiger charge is 2.06. The Morgan fingerprint density at radius 3 is 1.95 bits per heavy atom. The Bertz CT molecular complexity index is 743. The van der Waals surface area contributed by atoms with Crippen molar-refractivity contribution in [3.63, 3.8) is 0 Å². The molecule has 2 N–H and O–H groups in total. The fraction of sp³-hybridized carbons (Fsp3) is 0. The summed E-state index contributed by atoms with van der Waals surface area (Å²) in [6, 6.07) is 28.7. The third kappa shape index (κ3) is 3.03.